The number of hydrogen-bond donors (Lipinski definition) is 1. The third-order valence-electron chi connectivity index (χ3n) is 4.41. The first-order chi connectivity index (χ1) is 9.69. The second-order valence-electron chi connectivity index (χ2n) is 5.79. The summed E-state index contributed by atoms with van der Waals surface area (Å²) in [6.07, 6.45) is 6.29. The van der Waals surface area contributed by atoms with E-state index in [0.717, 1.165) is 30.1 Å². The number of piperidine rings is 1. The van der Waals surface area contributed by atoms with Crippen LogP contribution in [0, 0.1) is 12.8 Å². The minimum Gasteiger partial charge on any atom is -0.354 e. The minimum atomic E-state index is 0.546. The summed E-state index contributed by atoms with van der Waals surface area (Å²) >= 11 is 0. The van der Waals surface area contributed by atoms with Crippen LogP contribution in [-0.2, 0) is 0 Å². The number of fused-ring (bicyclic) bond motifs is 1. The van der Waals surface area contributed by atoms with Gasteiger partial charge in [0.1, 0.15) is 5.52 Å². The number of nitrogens with zero attached hydrogens (tertiary/aromatic N) is 4. The molecule has 2 unspecified atom stereocenters. The smallest absolute Gasteiger partial charge is 0.154 e. The van der Waals surface area contributed by atoms with Gasteiger partial charge < -0.3 is 10.2 Å². The molecule has 0 radical (unpaired) electrons. The Morgan fingerprint density at radius 3 is 3.10 bits per heavy atom. The van der Waals surface area contributed by atoms with Crippen molar-refractivity contribution < 1.29 is 0 Å². The van der Waals surface area contributed by atoms with Gasteiger partial charge in [-0.15, -0.1) is 0 Å². The molecule has 0 aromatic carbocycles. The van der Waals surface area contributed by atoms with Gasteiger partial charge in [-0.05, 0) is 45.7 Å². The molecule has 1 saturated heterocycles. The lowest BCUT2D eigenvalue weighted by Gasteiger charge is -2.36. The van der Waals surface area contributed by atoms with Gasteiger partial charge in [-0.1, -0.05) is 0 Å². The van der Waals surface area contributed by atoms with Crippen molar-refractivity contribution in [1.29, 1.82) is 0 Å². The van der Waals surface area contributed by atoms with E-state index in [1.165, 1.54) is 12.8 Å². The summed E-state index contributed by atoms with van der Waals surface area (Å²) < 4.78 is 1.93. The van der Waals surface area contributed by atoms with Crippen molar-refractivity contribution in [3.05, 3.63) is 24.2 Å². The molecule has 2 aromatic heterocycles. The van der Waals surface area contributed by atoms with Crippen molar-refractivity contribution >= 4 is 11.3 Å². The summed E-state index contributed by atoms with van der Waals surface area (Å²) in [5.41, 5.74) is 2.15. The van der Waals surface area contributed by atoms with E-state index in [1.807, 2.05) is 30.9 Å². The van der Waals surface area contributed by atoms with E-state index in [0.29, 0.717) is 12.0 Å². The molecule has 0 saturated carbocycles. The number of rotatable bonds is 3. The summed E-state index contributed by atoms with van der Waals surface area (Å²) in [6.45, 7) is 6.45. The number of aryl methyl sites for hydroxylation is 1. The molecule has 3 rings (SSSR count). The standard InChI is InChI=1S/C15H23N5/c1-11-9-14-15(17-6-8-20(14)18-11)19-7-4-5-13(10-19)12(2)16-3/h6,8-9,12-13,16H,4-5,7,10H2,1-3H3. The molecule has 108 valence electrons. The van der Waals surface area contributed by atoms with Gasteiger partial charge in [0.25, 0.3) is 0 Å². The third-order valence-corrected chi connectivity index (χ3v) is 4.41. The van der Waals surface area contributed by atoms with Crippen LogP contribution in [0.2, 0.25) is 0 Å². The zero-order chi connectivity index (χ0) is 14.1. The van der Waals surface area contributed by atoms with Crippen molar-refractivity contribution in [2.24, 2.45) is 5.92 Å². The topological polar surface area (TPSA) is 45.5 Å². The maximum atomic E-state index is 4.61. The molecule has 1 aliphatic rings. The molecule has 1 fully saturated rings. The zero-order valence-electron chi connectivity index (χ0n) is 12.5. The lowest BCUT2D eigenvalue weighted by Crippen LogP contribution is -2.44. The van der Waals surface area contributed by atoms with E-state index in [-0.39, 0.29) is 0 Å². The second kappa shape index (κ2) is 5.40. The van der Waals surface area contributed by atoms with Crippen LogP contribution in [0.15, 0.2) is 18.5 Å². The van der Waals surface area contributed by atoms with E-state index in [1.54, 1.807) is 0 Å². The number of nitrogens with one attached hydrogen (secondary N) is 1. The van der Waals surface area contributed by atoms with Gasteiger partial charge in [0, 0.05) is 31.5 Å². The fourth-order valence-electron chi connectivity index (χ4n) is 3.12. The summed E-state index contributed by atoms with van der Waals surface area (Å²) in [5.74, 6) is 1.75. The van der Waals surface area contributed by atoms with Crippen LogP contribution < -0.4 is 10.2 Å². The van der Waals surface area contributed by atoms with Crippen LogP contribution in [0.5, 0.6) is 0 Å². The highest BCUT2D eigenvalue weighted by atomic mass is 15.3. The van der Waals surface area contributed by atoms with Crippen molar-refractivity contribution in [2.45, 2.75) is 32.7 Å². The minimum absolute atomic E-state index is 0.546. The normalized spacial score (nSPS) is 21.4. The molecule has 1 aliphatic heterocycles. The largest absolute Gasteiger partial charge is 0.354 e. The quantitative estimate of drug-likeness (QED) is 0.927. The first kappa shape index (κ1) is 13.4. The summed E-state index contributed by atoms with van der Waals surface area (Å²) in [7, 11) is 2.04. The van der Waals surface area contributed by atoms with Gasteiger partial charge in [-0.25, -0.2) is 9.50 Å². The summed E-state index contributed by atoms with van der Waals surface area (Å²) in [4.78, 5) is 7.02. The molecule has 0 aliphatic carbocycles. The maximum Gasteiger partial charge on any atom is 0.154 e. The zero-order valence-corrected chi connectivity index (χ0v) is 12.5. The second-order valence-corrected chi connectivity index (χ2v) is 5.79. The van der Waals surface area contributed by atoms with Crippen LogP contribution in [0.3, 0.4) is 0 Å². The van der Waals surface area contributed by atoms with Gasteiger partial charge in [0.15, 0.2) is 5.82 Å². The molecular weight excluding hydrogens is 250 g/mol. The Balaban J connectivity index is 1.90. The Labute approximate surface area is 120 Å². The number of anilines is 1. The van der Waals surface area contributed by atoms with Gasteiger partial charge in [-0.3, -0.25) is 0 Å². The van der Waals surface area contributed by atoms with Crippen molar-refractivity contribution in [2.75, 3.05) is 25.0 Å². The van der Waals surface area contributed by atoms with Gasteiger partial charge >= 0.3 is 0 Å². The monoisotopic (exact) mass is 273 g/mol. The first-order valence-electron chi connectivity index (χ1n) is 7.42. The van der Waals surface area contributed by atoms with Crippen LogP contribution in [0.25, 0.3) is 5.52 Å². The van der Waals surface area contributed by atoms with Crippen molar-refractivity contribution in [3.8, 4) is 0 Å². The average Bonchev–Trinajstić information content (AvgIpc) is 2.86. The molecule has 1 N–H and O–H groups in total. The molecule has 5 heteroatoms. The Hall–Kier alpha value is -1.62. The van der Waals surface area contributed by atoms with Crippen LogP contribution >= 0.6 is 0 Å². The molecule has 2 aromatic rings. The van der Waals surface area contributed by atoms with Crippen molar-refractivity contribution in [3.63, 3.8) is 0 Å². The van der Waals surface area contributed by atoms with Crippen LogP contribution in [0.1, 0.15) is 25.5 Å². The van der Waals surface area contributed by atoms with E-state index in [2.05, 4.69) is 33.3 Å². The Morgan fingerprint density at radius 1 is 1.45 bits per heavy atom. The predicted octanol–water partition coefficient (Wildman–Crippen LogP) is 1.86. The SMILES string of the molecule is CNC(C)C1CCCN(c2nccn3nc(C)cc23)C1. The van der Waals surface area contributed by atoms with Crippen molar-refractivity contribution in [1.82, 2.24) is 19.9 Å². The molecule has 0 amide bonds. The maximum absolute atomic E-state index is 4.61. The van der Waals surface area contributed by atoms with Gasteiger partial charge in [-0.2, -0.15) is 5.10 Å². The molecule has 0 spiro atoms. The van der Waals surface area contributed by atoms with E-state index in [9.17, 15) is 0 Å². The van der Waals surface area contributed by atoms with Crippen LogP contribution in [0.4, 0.5) is 5.82 Å². The fraction of sp³-hybridized carbons (Fsp3) is 0.600. The number of aromatic nitrogens is 3. The highest BCUT2D eigenvalue weighted by molar-refractivity contribution is 5.69. The Kier molecular flexibility index (Phi) is 3.61. The average molecular weight is 273 g/mol. The third kappa shape index (κ3) is 2.38. The predicted molar refractivity (Wildman–Crippen MR) is 81.2 cm³/mol. The lowest BCUT2D eigenvalue weighted by molar-refractivity contribution is 0.332. The molecule has 3 heterocycles. The van der Waals surface area contributed by atoms with E-state index >= 15 is 0 Å². The van der Waals surface area contributed by atoms with E-state index in [4.69, 9.17) is 0 Å². The first-order valence-corrected chi connectivity index (χ1v) is 7.42. The molecule has 20 heavy (non-hydrogen) atoms. The molecule has 5 nitrogen and oxygen atoms in total. The Bertz CT molecular complexity index is 591. The number of hydrogen-bond acceptors (Lipinski definition) is 4. The van der Waals surface area contributed by atoms with Gasteiger partial charge in [0.05, 0.1) is 5.69 Å². The molecular formula is C15H23N5. The Morgan fingerprint density at radius 2 is 2.30 bits per heavy atom. The molecule has 2 atom stereocenters. The summed E-state index contributed by atoms with van der Waals surface area (Å²) in [5, 5.41) is 7.86. The van der Waals surface area contributed by atoms with Gasteiger partial charge in [0.2, 0.25) is 0 Å². The fourth-order valence-corrected chi connectivity index (χ4v) is 3.12. The highest BCUT2D eigenvalue weighted by Gasteiger charge is 2.25. The lowest BCUT2D eigenvalue weighted by atomic mass is 9.91. The highest BCUT2D eigenvalue weighted by Crippen LogP contribution is 2.26. The summed E-state index contributed by atoms with van der Waals surface area (Å²) in [6, 6.07) is 2.66. The van der Waals surface area contributed by atoms with Crippen LogP contribution in [-0.4, -0.2) is 40.8 Å². The van der Waals surface area contributed by atoms with E-state index < -0.39 is 0 Å². The molecule has 0 bridgehead atoms.